The Kier molecular flexibility index (Phi) is 18.9. The molecule has 0 radical (unpaired) electrons. The van der Waals surface area contributed by atoms with Crippen molar-refractivity contribution in [2.24, 2.45) is 0 Å². The van der Waals surface area contributed by atoms with Crippen molar-refractivity contribution in [2.75, 3.05) is 70.5 Å². The van der Waals surface area contributed by atoms with Crippen molar-refractivity contribution in [1.29, 1.82) is 0 Å². The molecule has 16 nitrogen and oxygen atoms in total. The lowest BCUT2D eigenvalue weighted by atomic mass is 10.0. The Morgan fingerprint density at radius 2 is 1.18 bits per heavy atom. The molecular weight excluding hydrogens is 895 g/mol. The van der Waals surface area contributed by atoms with Crippen molar-refractivity contribution in [3.63, 3.8) is 0 Å². The molecule has 0 saturated carbocycles. The van der Waals surface area contributed by atoms with E-state index >= 15 is 0 Å². The number of carbonyl (C=O) groups is 1. The van der Waals surface area contributed by atoms with E-state index in [4.69, 9.17) is 28.4 Å². The highest BCUT2D eigenvalue weighted by Crippen LogP contribution is 2.39. The van der Waals surface area contributed by atoms with E-state index in [9.17, 15) is 31.1 Å². The highest BCUT2D eigenvalue weighted by atomic mass is 19.4. The van der Waals surface area contributed by atoms with E-state index in [1.165, 1.54) is 56.7 Å². The molecule has 1 saturated heterocycles. The van der Waals surface area contributed by atoms with Crippen LogP contribution in [-0.2, 0) is 41.3 Å². The number of rotatable bonds is 18. The van der Waals surface area contributed by atoms with E-state index in [1.807, 2.05) is 37.7 Å². The second-order valence-corrected chi connectivity index (χ2v) is 15.2. The molecule has 1 fully saturated rings. The van der Waals surface area contributed by atoms with Gasteiger partial charge >= 0.3 is 18.3 Å². The third-order valence-corrected chi connectivity index (χ3v) is 10.2. The highest BCUT2D eigenvalue weighted by Gasteiger charge is 2.39. The normalized spacial score (nSPS) is 12.6. The maximum Gasteiger partial charge on any atom is 0.437 e. The Labute approximate surface area is 382 Å². The molecule has 5 heterocycles. The third kappa shape index (κ3) is 14.1. The Balaban J connectivity index is 0.000000227. The summed E-state index contributed by atoms with van der Waals surface area (Å²) in [5.41, 5.74) is -0.0349. The number of aromatic nitrogens is 6. The minimum Gasteiger partial charge on any atom is -0.493 e. The van der Waals surface area contributed by atoms with Crippen molar-refractivity contribution >= 4 is 39.5 Å². The summed E-state index contributed by atoms with van der Waals surface area (Å²) in [5.74, 6) is 1.67. The fourth-order valence-electron chi connectivity index (χ4n) is 6.80. The van der Waals surface area contributed by atoms with Crippen molar-refractivity contribution in [1.82, 2.24) is 30.2 Å². The summed E-state index contributed by atoms with van der Waals surface area (Å²) in [7, 11) is 4.96. The number of methoxy groups -OCH3 is 1. The van der Waals surface area contributed by atoms with E-state index < -0.39 is 29.7 Å². The minimum atomic E-state index is -4.58. The summed E-state index contributed by atoms with van der Waals surface area (Å²) in [6.07, 6.45) is 3.05. The lowest BCUT2D eigenvalue weighted by Crippen LogP contribution is -2.22. The zero-order chi connectivity index (χ0) is 48.6. The van der Waals surface area contributed by atoms with Gasteiger partial charge in [0.1, 0.15) is 23.1 Å². The number of fused-ring (bicyclic) bond motifs is 2. The molecule has 4 aromatic heterocycles. The number of esters is 1. The Bertz CT molecular complexity index is 2450. The van der Waals surface area contributed by atoms with Crippen LogP contribution in [-0.4, -0.2) is 102 Å². The Morgan fingerprint density at radius 1 is 0.701 bits per heavy atom. The van der Waals surface area contributed by atoms with Crippen LogP contribution in [0.5, 0.6) is 11.5 Å². The average molecular weight is 949 g/mol. The van der Waals surface area contributed by atoms with Crippen molar-refractivity contribution in [3.05, 3.63) is 83.0 Å². The fourth-order valence-corrected chi connectivity index (χ4v) is 6.80. The van der Waals surface area contributed by atoms with E-state index in [-0.39, 0.29) is 34.2 Å². The summed E-state index contributed by atoms with van der Waals surface area (Å²) in [5, 5.41) is 15.3. The number of alkyl halides is 6. The van der Waals surface area contributed by atoms with E-state index in [2.05, 4.69) is 35.0 Å². The van der Waals surface area contributed by atoms with Gasteiger partial charge in [-0.25, -0.2) is 19.7 Å². The first-order chi connectivity index (χ1) is 32.1. The molecule has 22 heteroatoms. The summed E-state index contributed by atoms with van der Waals surface area (Å²) < 4.78 is 110. The predicted octanol–water partition coefficient (Wildman–Crippen LogP) is 9.06. The van der Waals surface area contributed by atoms with Crippen LogP contribution >= 0.6 is 0 Å². The maximum absolute atomic E-state index is 13.1. The molecule has 1 N–H and O–H groups in total. The summed E-state index contributed by atoms with van der Waals surface area (Å²) >= 11 is 0. The molecule has 1 aliphatic heterocycles. The van der Waals surface area contributed by atoms with Crippen LogP contribution in [0.15, 0.2) is 58.1 Å². The van der Waals surface area contributed by atoms with Gasteiger partial charge in [-0.3, -0.25) is 4.98 Å². The molecule has 7 rings (SSSR count). The Hall–Kier alpha value is -6.29. The molecule has 0 spiro atoms. The zero-order valence-electron chi connectivity index (χ0n) is 37.9. The largest absolute Gasteiger partial charge is 0.493 e. The molecular formula is C45H54F6N8O8. The van der Waals surface area contributed by atoms with Gasteiger partial charge in [-0.15, -0.1) is 0 Å². The molecule has 0 bridgehead atoms. The quantitative estimate of drug-likeness (QED) is 0.0488. The van der Waals surface area contributed by atoms with Gasteiger partial charge < -0.3 is 42.9 Å². The number of halogens is 6. The van der Waals surface area contributed by atoms with Gasteiger partial charge in [-0.2, -0.15) is 26.3 Å². The van der Waals surface area contributed by atoms with E-state index in [0.29, 0.717) is 98.4 Å². The highest BCUT2D eigenvalue weighted by molar-refractivity contribution is 5.87. The number of benzene rings is 2. The number of aliphatic hydroxyl groups is 1. The molecule has 0 aliphatic carbocycles. The average Bonchev–Trinajstić information content (AvgIpc) is 4.13. The first-order valence-corrected chi connectivity index (χ1v) is 21.7. The topological polar surface area (TPSA) is 184 Å². The van der Waals surface area contributed by atoms with Crippen molar-refractivity contribution in [3.8, 4) is 11.5 Å². The van der Waals surface area contributed by atoms with Gasteiger partial charge in [0.05, 0.1) is 68.2 Å². The van der Waals surface area contributed by atoms with Gasteiger partial charge in [-0.05, 0) is 62.8 Å². The van der Waals surface area contributed by atoms with Crippen LogP contribution in [0.4, 0.5) is 38.0 Å². The van der Waals surface area contributed by atoms with Crippen molar-refractivity contribution < 1.29 is 64.2 Å². The van der Waals surface area contributed by atoms with Gasteiger partial charge in [0.25, 0.3) is 0 Å². The number of carbonyl (C=O) groups excluding carboxylic acids is 1. The van der Waals surface area contributed by atoms with Crippen LogP contribution in [0.25, 0.3) is 21.9 Å². The molecule has 1 aliphatic rings. The number of hydrogen-bond acceptors (Lipinski definition) is 16. The monoisotopic (exact) mass is 948 g/mol. The van der Waals surface area contributed by atoms with Gasteiger partial charge in [-0.1, -0.05) is 37.0 Å². The molecule has 6 aromatic rings. The van der Waals surface area contributed by atoms with Crippen LogP contribution in [0, 0.1) is 0 Å². The lowest BCUT2D eigenvalue weighted by molar-refractivity contribution is -0.142. The molecule has 0 atom stereocenters. The second-order valence-electron chi connectivity index (χ2n) is 15.2. The minimum absolute atomic E-state index is 0.0528. The summed E-state index contributed by atoms with van der Waals surface area (Å²) in [4.78, 5) is 31.7. The second kappa shape index (κ2) is 24.5. The van der Waals surface area contributed by atoms with Gasteiger partial charge in [0.15, 0.2) is 28.2 Å². The van der Waals surface area contributed by atoms with Crippen molar-refractivity contribution in [2.45, 2.75) is 84.2 Å². The first-order valence-electron chi connectivity index (χ1n) is 21.7. The number of nitrogens with zero attached hydrogens (tertiary/aromatic N) is 8. The van der Waals surface area contributed by atoms with E-state index in [0.717, 1.165) is 19.6 Å². The predicted molar refractivity (Wildman–Crippen MR) is 234 cm³/mol. The number of aliphatic hydroxyl groups excluding tert-OH is 1. The molecule has 0 unspecified atom stereocenters. The molecule has 67 heavy (non-hydrogen) atoms. The molecule has 364 valence electrons. The van der Waals surface area contributed by atoms with Crippen LogP contribution in [0.2, 0.25) is 0 Å². The SMILES string of the molecule is C1CCOC1.CCCc1c(OCCCN(C)c2cnc(C(=O)OC)cn2)ccc2c(C(F)(F)F)noc12.CCCc1c(OCCCN(C)c2cnc(CO)cn2)ccc2c(C(F)(F)F)noc12. The molecule has 0 amide bonds. The number of ether oxygens (including phenoxy) is 4. The van der Waals surface area contributed by atoms with Crippen LogP contribution < -0.4 is 19.3 Å². The van der Waals surface area contributed by atoms with Gasteiger partial charge in [0.2, 0.25) is 0 Å². The first kappa shape index (κ1) is 51.7. The number of aryl methyl sites for hydroxylation is 2. The molecule has 2 aromatic carbocycles. The third-order valence-electron chi connectivity index (χ3n) is 10.2. The van der Waals surface area contributed by atoms with Gasteiger partial charge in [0, 0.05) is 51.5 Å². The van der Waals surface area contributed by atoms with Crippen LogP contribution in [0.3, 0.4) is 0 Å². The standard InChI is InChI=1S/C21H23F3N4O4.C20H23F3N4O3.C4H8O/c1-4-6-13-16(8-7-14-18(13)32-27-19(14)21(22,23)24)31-10-5-9-28(2)17-12-25-15(11-26-17)20(29)30-3;1-3-5-14-16(7-6-15-18(14)30-26-19(15)20(21,22)23)29-9-4-8-27(2)17-11-24-13(12-28)10-25-17;1-2-4-5-3-1/h7-8,11-12H,4-6,9-10H2,1-3H3;6-7,10-11,28H,3-5,8-9,12H2,1-2H3;1-4H2. The summed E-state index contributed by atoms with van der Waals surface area (Å²) in [6.45, 7) is 7.62. The zero-order valence-corrected chi connectivity index (χ0v) is 37.9. The maximum atomic E-state index is 13.1. The fraction of sp³-hybridized carbons (Fsp3) is 0.489. The smallest absolute Gasteiger partial charge is 0.437 e. The summed E-state index contributed by atoms with van der Waals surface area (Å²) in [6, 6.07) is 5.74. The number of hydrogen-bond donors (Lipinski definition) is 1. The van der Waals surface area contributed by atoms with Crippen LogP contribution in [0.1, 0.15) is 91.1 Å². The lowest BCUT2D eigenvalue weighted by Gasteiger charge is -2.18. The Morgan fingerprint density at radius 3 is 1.54 bits per heavy atom. The van der Waals surface area contributed by atoms with E-state index in [1.54, 1.807) is 12.3 Å². The number of anilines is 2.